The van der Waals surface area contributed by atoms with Gasteiger partial charge < -0.3 is 14.6 Å². The van der Waals surface area contributed by atoms with Crippen LogP contribution >= 0.6 is 0 Å². The molecular formula is C13H19NO5S. The average molecular weight is 301 g/mol. The van der Waals surface area contributed by atoms with Crippen molar-refractivity contribution in [1.82, 2.24) is 4.31 Å². The molecule has 0 unspecified atom stereocenters. The van der Waals surface area contributed by atoms with Crippen LogP contribution < -0.4 is 9.47 Å². The van der Waals surface area contributed by atoms with Crippen LogP contribution in [0.1, 0.15) is 12.8 Å². The van der Waals surface area contributed by atoms with Crippen LogP contribution in [-0.2, 0) is 10.0 Å². The van der Waals surface area contributed by atoms with Crippen LogP contribution in [0.4, 0.5) is 0 Å². The summed E-state index contributed by atoms with van der Waals surface area (Å²) in [5.74, 6) is 0.772. The summed E-state index contributed by atoms with van der Waals surface area (Å²) in [6.07, 6.45) is 1.43. The van der Waals surface area contributed by atoms with Crippen LogP contribution in [0.25, 0.3) is 0 Å². The predicted octanol–water partition coefficient (Wildman–Crippen LogP) is 0.849. The highest BCUT2D eigenvalue weighted by molar-refractivity contribution is 7.89. The van der Waals surface area contributed by atoms with Crippen LogP contribution in [-0.4, -0.2) is 51.2 Å². The van der Waals surface area contributed by atoms with Gasteiger partial charge in [-0.15, -0.1) is 0 Å². The highest BCUT2D eigenvalue weighted by Gasteiger charge is 2.36. The largest absolute Gasteiger partial charge is 0.497 e. The summed E-state index contributed by atoms with van der Waals surface area (Å²) >= 11 is 0. The molecule has 1 saturated heterocycles. The van der Waals surface area contributed by atoms with E-state index in [4.69, 9.17) is 9.47 Å². The Morgan fingerprint density at radius 3 is 2.70 bits per heavy atom. The number of ether oxygens (including phenoxy) is 2. The maximum atomic E-state index is 12.7. The number of aliphatic hydroxyl groups is 1. The molecule has 0 bridgehead atoms. The van der Waals surface area contributed by atoms with Crippen molar-refractivity contribution in [2.45, 2.75) is 23.8 Å². The fourth-order valence-electron chi connectivity index (χ4n) is 2.42. The summed E-state index contributed by atoms with van der Waals surface area (Å²) in [6.45, 7) is 0.250. The second kappa shape index (κ2) is 5.99. The van der Waals surface area contributed by atoms with E-state index in [1.165, 1.54) is 30.7 Å². The van der Waals surface area contributed by atoms with Crippen molar-refractivity contribution in [3.63, 3.8) is 0 Å². The van der Waals surface area contributed by atoms with Gasteiger partial charge in [0.15, 0.2) is 0 Å². The van der Waals surface area contributed by atoms with Gasteiger partial charge >= 0.3 is 0 Å². The Hall–Kier alpha value is -1.31. The molecule has 0 aromatic heterocycles. The standard InChI is InChI=1S/C13H19NO5S/c1-18-11-5-6-13(12(8-11)19-2)20(16,17)14-7-3-4-10(14)9-15/h5-6,8,10,15H,3-4,7,9H2,1-2H3/t10-/m1/s1. The molecule has 2 rings (SSSR count). The Morgan fingerprint density at radius 1 is 1.35 bits per heavy atom. The number of rotatable bonds is 5. The molecule has 0 aliphatic carbocycles. The molecule has 0 saturated carbocycles. The highest BCUT2D eigenvalue weighted by atomic mass is 32.2. The van der Waals surface area contributed by atoms with Crippen molar-refractivity contribution in [1.29, 1.82) is 0 Å². The van der Waals surface area contributed by atoms with Gasteiger partial charge in [0.25, 0.3) is 0 Å². The van der Waals surface area contributed by atoms with Crippen molar-refractivity contribution in [3.05, 3.63) is 18.2 Å². The van der Waals surface area contributed by atoms with Crippen LogP contribution in [0.5, 0.6) is 11.5 Å². The molecular weight excluding hydrogens is 282 g/mol. The van der Waals surface area contributed by atoms with Crippen molar-refractivity contribution >= 4 is 10.0 Å². The smallest absolute Gasteiger partial charge is 0.247 e. The molecule has 1 aromatic rings. The van der Waals surface area contributed by atoms with Crippen LogP contribution in [0, 0.1) is 0 Å². The third kappa shape index (κ3) is 2.61. The van der Waals surface area contributed by atoms with E-state index in [-0.39, 0.29) is 23.3 Å². The molecule has 112 valence electrons. The molecule has 6 nitrogen and oxygen atoms in total. The van der Waals surface area contributed by atoms with Crippen LogP contribution in [0.15, 0.2) is 23.1 Å². The molecule has 1 aromatic carbocycles. The van der Waals surface area contributed by atoms with E-state index >= 15 is 0 Å². The van der Waals surface area contributed by atoms with Gasteiger partial charge in [-0.3, -0.25) is 0 Å². The molecule has 1 aliphatic rings. The lowest BCUT2D eigenvalue weighted by molar-refractivity contribution is 0.213. The summed E-state index contributed by atoms with van der Waals surface area (Å²) in [7, 11) is -0.752. The first-order valence-electron chi connectivity index (χ1n) is 6.39. The second-order valence-corrected chi connectivity index (χ2v) is 6.47. The number of methoxy groups -OCH3 is 2. The minimum atomic E-state index is -3.67. The molecule has 0 amide bonds. The number of benzene rings is 1. The maximum absolute atomic E-state index is 12.7. The van der Waals surface area contributed by atoms with E-state index in [1.54, 1.807) is 6.07 Å². The average Bonchev–Trinajstić information content (AvgIpc) is 2.95. The quantitative estimate of drug-likeness (QED) is 0.872. The summed E-state index contributed by atoms with van der Waals surface area (Å²) < 4.78 is 36.9. The predicted molar refractivity (Wildman–Crippen MR) is 73.5 cm³/mol. The minimum Gasteiger partial charge on any atom is -0.497 e. The van der Waals surface area contributed by atoms with Crippen LogP contribution in [0.2, 0.25) is 0 Å². The maximum Gasteiger partial charge on any atom is 0.247 e. The molecule has 1 heterocycles. The summed E-state index contributed by atoms with van der Waals surface area (Å²) in [6, 6.07) is 4.24. The Kier molecular flexibility index (Phi) is 4.52. The van der Waals surface area contributed by atoms with Gasteiger partial charge in [0.05, 0.1) is 20.8 Å². The lowest BCUT2D eigenvalue weighted by Crippen LogP contribution is -2.37. The van der Waals surface area contributed by atoms with Crippen molar-refractivity contribution in [2.24, 2.45) is 0 Å². The zero-order valence-electron chi connectivity index (χ0n) is 11.6. The van der Waals surface area contributed by atoms with E-state index in [0.29, 0.717) is 18.7 Å². The van der Waals surface area contributed by atoms with Gasteiger partial charge in [-0.05, 0) is 25.0 Å². The Labute approximate surface area is 119 Å². The van der Waals surface area contributed by atoms with E-state index in [2.05, 4.69) is 0 Å². The first-order chi connectivity index (χ1) is 9.54. The molecule has 0 spiro atoms. The summed E-state index contributed by atoms with van der Waals surface area (Å²) in [5, 5.41) is 9.30. The van der Waals surface area contributed by atoms with Gasteiger partial charge in [0.1, 0.15) is 16.4 Å². The zero-order chi connectivity index (χ0) is 14.8. The number of hydrogen-bond acceptors (Lipinski definition) is 5. The highest BCUT2D eigenvalue weighted by Crippen LogP contribution is 2.33. The molecule has 7 heteroatoms. The molecule has 1 N–H and O–H groups in total. The van der Waals surface area contributed by atoms with Gasteiger partial charge in [0.2, 0.25) is 10.0 Å². The number of nitrogens with zero attached hydrogens (tertiary/aromatic N) is 1. The monoisotopic (exact) mass is 301 g/mol. The van der Waals surface area contributed by atoms with Crippen molar-refractivity contribution in [3.8, 4) is 11.5 Å². The molecule has 20 heavy (non-hydrogen) atoms. The summed E-state index contributed by atoms with van der Waals surface area (Å²) in [4.78, 5) is 0.0983. The fourth-order valence-corrected chi connectivity index (χ4v) is 4.25. The van der Waals surface area contributed by atoms with Gasteiger partial charge in [0, 0.05) is 18.7 Å². The van der Waals surface area contributed by atoms with Gasteiger partial charge in [-0.2, -0.15) is 4.31 Å². The third-order valence-electron chi connectivity index (χ3n) is 3.49. The number of hydrogen-bond donors (Lipinski definition) is 1. The summed E-state index contributed by atoms with van der Waals surface area (Å²) in [5.41, 5.74) is 0. The molecule has 1 aliphatic heterocycles. The van der Waals surface area contributed by atoms with E-state index in [0.717, 1.165) is 6.42 Å². The molecule has 0 radical (unpaired) electrons. The fraction of sp³-hybridized carbons (Fsp3) is 0.538. The third-order valence-corrected chi connectivity index (χ3v) is 5.48. The minimum absolute atomic E-state index is 0.0983. The van der Waals surface area contributed by atoms with Crippen molar-refractivity contribution in [2.75, 3.05) is 27.4 Å². The lowest BCUT2D eigenvalue weighted by atomic mass is 10.2. The van der Waals surface area contributed by atoms with E-state index in [1.807, 2.05) is 0 Å². The van der Waals surface area contributed by atoms with E-state index < -0.39 is 10.0 Å². The number of sulfonamides is 1. The normalized spacial score (nSPS) is 20.1. The van der Waals surface area contributed by atoms with Crippen molar-refractivity contribution < 1.29 is 23.0 Å². The molecule has 1 atom stereocenters. The van der Waals surface area contributed by atoms with E-state index in [9.17, 15) is 13.5 Å². The Morgan fingerprint density at radius 2 is 2.10 bits per heavy atom. The van der Waals surface area contributed by atoms with Crippen LogP contribution in [0.3, 0.4) is 0 Å². The van der Waals surface area contributed by atoms with Gasteiger partial charge in [-0.25, -0.2) is 8.42 Å². The zero-order valence-corrected chi connectivity index (χ0v) is 12.4. The number of aliphatic hydroxyl groups excluding tert-OH is 1. The lowest BCUT2D eigenvalue weighted by Gasteiger charge is -2.23. The topological polar surface area (TPSA) is 76.1 Å². The molecule has 1 fully saturated rings. The second-order valence-electron chi connectivity index (χ2n) is 4.61. The first kappa shape index (κ1) is 15.1. The Bertz CT molecular complexity index is 572. The Balaban J connectivity index is 2.43. The SMILES string of the molecule is COc1ccc(S(=O)(=O)N2CCC[C@@H]2CO)c(OC)c1. The first-order valence-corrected chi connectivity index (χ1v) is 7.83. The van der Waals surface area contributed by atoms with Gasteiger partial charge in [-0.1, -0.05) is 0 Å².